The number of aromatic amines is 2. The van der Waals surface area contributed by atoms with Crippen LogP contribution in [-0.2, 0) is 31.9 Å². The van der Waals surface area contributed by atoms with Crippen molar-refractivity contribution in [1.29, 1.82) is 0 Å². The number of aryl methyl sites for hydroxylation is 2. The second kappa shape index (κ2) is 24.4. The van der Waals surface area contributed by atoms with E-state index in [0.717, 1.165) is 59.1 Å². The minimum atomic E-state index is -1.84. The highest BCUT2D eigenvalue weighted by Crippen LogP contribution is 2.40. The lowest BCUT2D eigenvalue weighted by molar-refractivity contribution is -0.135. The molecule has 4 heterocycles. The summed E-state index contributed by atoms with van der Waals surface area (Å²) >= 11 is 3.00. The number of likely N-dealkylation sites (tertiary alicyclic amines) is 2. The van der Waals surface area contributed by atoms with E-state index < -0.39 is 60.3 Å². The summed E-state index contributed by atoms with van der Waals surface area (Å²) in [4.78, 5) is 71.5. The van der Waals surface area contributed by atoms with Crippen LogP contribution in [0.5, 0.6) is 0 Å². The lowest BCUT2D eigenvalue weighted by Gasteiger charge is -2.27. The fourth-order valence-electron chi connectivity index (χ4n) is 10.1. The summed E-state index contributed by atoms with van der Waals surface area (Å²) in [6.45, 7) is 3.71. The number of nitrogens with one attached hydrogen (secondary N) is 4. The maximum atomic E-state index is 14.2. The zero-order valence-corrected chi connectivity index (χ0v) is 44.4. The molecule has 20 heteroatoms. The number of nitrogens with zero attached hydrogens (tertiary/aromatic N) is 4. The highest BCUT2D eigenvalue weighted by Gasteiger charge is 2.41. The van der Waals surface area contributed by atoms with Gasteiger partial charge in [-0.3, -0.25) is 9.59 Å². The summed E-state index contributed by atoms with van der Waals surface area (Å²) in [5.41, 5.74) is 9.80. The van der Waals surface area contributed by atoms with E-state index in [1.165, 1.54) is 53.1 Å². The van der Waals surface area contributed by atoms with Crippen molar-refractivity contribution in [2.75, 3.05) is 51.3 Å². The van der Waals surface area contributed by atoms with E-state index in [2.05, 4.69) is 64.8 Å². The number of carbonyl (C=O) groups is 4. The molecule has 0 radical (unpaired) electrons. The first-order chi connectivity index (χ1) is 36.1. The van der Waals surface area contributed by atoms with Crippen molar-refractivity contribution in [3.8, 4) is 11.1 Å². The monoisotopic (exact) mass is 1070 g/mol. The van der Waals surface area contributed by atoms with Crippen molar-refractivity contribution in [2.24, 2.45) is 5.92 Å². The maximum Gasteiger partial charge on any atom is 0.407 e. The third kappa shape index (κ3) is 12.6. The number of H-pyrrole nitrogens is 2. The largest absolute Gasteiger partial charge is 0.453 e. The third-order valence-corrected chi connectivity index (χ3v) is 15.7. The Morgan fingerprint density at radius 3 is 1.81 bits per heavy atom. The smallest absolute Gasteiger partial charge is 0.407 e. The molecule has 0 spiro atoms. The molecule has 2 aromatic heterocycles. The van der Waals surface area contributed by atoms with Gasteiger partial charge in [0.2, 0.25) is 11.8 Å². The van der Waals surface area contributed by atoms with Crippen LogP contribution in [-0.4, -0.2) is 117 Å². The van der Waals surface area contributed by atoms with Crippen LogP contribution in [0.25, 0.3) is 38.8 Å². The molecule has 2 aliphatic heterocycles. The van der Waals surface area contributed by atoms with Gasteiger partial charge in [-0.15, -0.1) is 0 Å². The number of benzene rings is 3. The number of hydrogen-bond donors (Lipinski definition) is 4. The molecule has 2 fully saturated rings. The molecule has 14 nitrogen and oxygen atoms in total. The Balaban J connectivity index is 1.05. The van der Waals surface area contributed by atoms with Crippen LogP contribution in [0.3, 0.4) is 0 Å². The molecule has 2 aliphatic carbocycles. The number of alkyl carbamates (subject to hydrolysis) is 2. The number of aromatic nitrogens is 4. The molecule has 4 N–H and O–H groups in total. The molecule has 5 aromatic rings. The molecule has 2 saturated heterocycles. The highest BCUT2D eigenvalue weighted by molar-refractivity contribution is 7.98. The molecule has 2 bridgehead atoms. The fraction of sp³-hybridized carbons (Fsp3) is 0.418. The van der Waals surface area contributed by atoms with Crippen LogP contribution < -0.4 is 10.6 Å². The molecule has 75 heavy (non-hydrogen) atoms. The van der Waals surface area contributed by atoms with Gasteiger partial charge in [0.05, 0.1) is 48.4 Å². The molecule has 4 aliphatic rings. The minimum absolute atomic E-state index is 0.103. The van der Waals surface area contributed by atoms with Crippen molar-refractivity contribution >= 4 is 75.2 Å². The Morgan fingerprint density at radius 2 is 1.28 bits per heavy atom. The van der Waals surface area contributed by atoms with Gasteiger partial charge in [0.25, 0.3) is 12.2 Å². The quantitative estimate of drug-likeness (QED) is 0.0784. The van der Waals surface area contributed by atoms with Gasteiger partial charge >= 0.3 is 12.2 Å². The van der Waals surface area contributed by atoms with Crippen LogP contribution in [0.15, 0.2) is 95.6 Å². The first-order valence-electron chi connectivity index (χ1n) is 24.9. The summed E-state index contributed by atoms with van der Waals surface area (Å²) in [6.07, 6.45) is 6.49. The van der Waals surface area contributed by atoms with E-state index in [1.54, 1.807) is 0 Å². The van der Waals surface area contributed by atoms with Crippen LogP contribution in [0, 0.1) is 5.92 Å². The SMILES string of the molecule is COC(=O)N[C@@H](CCSC)C(=O)N1CC(=C(F)F)C[C@H]1c1nc2cc(/C(C)=C3/C=C\[C@H](C)CCc4ccc(cc4-c4ccc5[nH]c([C@@H]6CC(=C(F)F)CN6C(=O)[C@H](CCSC)NC(=O)OC)nc5c4)CC3)ccc2[nH]1. The van der Waals surface area contributed by atoms with Crippen molar-refractivity contribution in [3.63, 3.8) is 0 Å². The third-order valence-electron chi connectivity index (χ3n) is 14.4. The Kier molecular flexibility index (Phi) is 17.8. The normalized spacial score (nSPS) is 19.9. The van der Waals surface area contributed by atoms with E-state index in [9.17, 15) is 36.7 Å². The molecular formula is C55H62F4N8O6S2. The Morgan fingerprint density at radius 1 is 0.733 bits per heavy atom. The van der Waals surface area contributed by atoms with E-state index in [0.29, 0.717) is 45.2 Å². The number of thioether (sulfide) groups is 2. The summed E-state index contributed by atoms with van der Waals surface area (Å²) in [5.74, 6) is 1.11. The summed E-state index contributed by atoms with van der Waals surface area (Å²) < 4.78 is 66.2. The second-order valence-corrected chi connectivity index (χ2v) is 21.2. The molecule has 4 amide bonds. The average Bonchev–Trinajstić information content (AvgIpc) is 4.24. The minimum Gasteiger partial charge on any atom is -0.453 e. The number of methoxy groups -OCH3 is 2. The van der Waals surface area contributed by atoms with Gasteiger partial charge in [0.15, 0.2) is 0 Å². The Labute approximate surface area is 441 Å². The van der Waals surface area contributed by atoms with Gasteiger partial charge in [0.1, 0.15) is 23.7 Å². The number of allylic oxidation sites excluding steroid dienone is 4. The lowest BCUT2D eigenvalue weighted by atomic mass is 9.88. The first kappa shape index (κ1) is 54.7. The summed E-state index contributed by atoms with van der Waals surface area (Å²) in [6, 6.07) is 14.9. The zero-order valence-electron chi connectivity index (χ0n) is 42.8. The predicted octanol–water partition coefficient (Wildman–Crippen LogP) is 11.5. The predicted molar refractivity (Wildman–Crippen MR) is 286 cm³/mol. The number of halogens is 4. The first-order valence-corrected chi connectivity index (χ1v) is 27.7. The van der Waals surface area contributed by atoms with Gasteiger partial charge in [-0.05, 0) is 139 Å². The van der Waals surface area contributed by atoms with Crippen molar-refractivity contribution in [2.45, 2.75) is 89.4 Å². The molecule has 0 saturated carbocycles. The van der Waals surface area contributed by atoms with Crippen molar-refractivity contribution in [1.82, 2.24) is 40.4 Å². The second-order valence-electron chi connectivity index (χ2n) is 19.3. The zero-order chi connectivity index (χ0) is 53.5. The van der Waals surface area contributed by atoms with Crippen molar-refractivity contribution < 1.29 is 46.2 Å². The van der Waals surface area contributed by atoms with Crippen LogP contribution in [0.4, 0.5) is 27.2 Å². The topological polar surface area (TPSA) is 175 Å². The number of hydrogen-bond acceptors (Lipinski definition) is 10. The Hall–Kier alpha value is -6.54. The van der Waals surface area contributed by atoms with Crippen LogP contribution in [0.2, 0.25) is 0 Å². The standard InChI is InChI=1S/C55H62F4N8O6S2/c1-30-7-11-33(31(2)35-15-17-40-44(24-35)62-50(60-40)46-26-37(48(56)57)28-66(46)52(68)42(19-21-74-5)64-54(70)72-3)13-9-32-10-14-34(12-8-30)39(23-32)36-16-18-41-45(25-36)63-51(61-41)47-27-38(49(58)59)29-67(47)53(69)43(20-22-75-6)65-55(71)73-4/h7,10-11,14-18,23-25,30,42-43,46-47H,8-9,12-13,19-22,26-29H2,1-6H3,(H,60,62)(H,61,63)(H,64,70)(H,65,71)/b11-7-,33-31-/t30-,42-,43-,46-,47-/m0/s1. The van der Waals surface area contributed by atoms with E-state index in [4.69, 9.17) is 19.4 Å². The van der Waals surface area contributed by atoms with Gasteiger partial charge < -0.3 is 39.9 Å². The number of amides is 4. The highest BCUT2D eigenvalue weighted by atomic mass is 32.2. The van der Waals surface area contributed by atoms with Crippen LogP contribution >= 0.6 is 23.5 Å². The molecule has 5 atom stereocenters. The summed E-state index contributed by atoms with van der Waals surface area (Å²) in [7, 11) is 2.41. The lowest BCUT2D eigenvalue weighted by Crippen LogP contribution is -2.48. The van der Waals surface area contributed by atoms with Crippen LogP contribution in [0.1, 0.15) is 92.8 Å². The number of carbonyl (C=O) groups excluding carboxylic acids is 4. The Bertz CT molecular complexity index is 3090. The van der Waals surface area contributed by atoms with Gasteiger partial charge in [0, 0.05) is 37.1 Å². The summed E-state index contributed by atoms with van der Waals surface area (Å²) in [5, 5.41) is 5.18. The molecule has 3 aromatic carbocycles. The average molecular weight is 1070 g/mol. The van der Waals surface area contributed by atoms with E-state index in [1.807, 2.05) is 48.9 Å². The number of fused-ring (bicyclic) bond motifs is 10. The molecule has 9 rings (SSSR count). The molecule has 398 valence electrons. The van der Waals surface area contributed by atoms with Gasteiger partial charge in [-0.2, -0.15) is 41.1 Å². The van der Waals surface area contributed by atoms with Gasteiger partial charge in [-0.25, -0.2) is 19.6 Å². The number of ether oxygens (including phenoxy) is 2. The van der Waals surface area contributed by atoms with E-state index >= 15 is 0 Å². The number of rotatable bonds is 14. The molecule has 0 unspecified atom stereocenters. The molecular weight excluding hydrogens is 1010 g/mol. The maximum absolute atomic E-state index is 14.2. The van der Waals surface area contributed by atoms with Gasteiger partial charge in [-0.1, -0.05) is 49.4 Å². The van der Waals surface area contributed by atoms with Crippen molar-refractivity contribution in [3.05, 3.63) is 124 Å². The fourth-order valence-corrected chi connectivity index (χ4v) is 11.1. The number of imidazole rings is 2. The van der Waals surface area contributed by atoms with E-state index in [-0.39, 0.29) is 55.8 Å².